The van der Waals surface area contributed by atoms with Gasteiger partial charge in [0.2, 0.25) is 0 Å². The molecule has 0 bridgehead atoms. The number of hydrogen-bond acceptors (Lipinski definition) is 3. The monoisotopic (exact) mass is 288 g/mol. The molecule has 1 unspecified atom stereocenters. The van der Waals surface area contributed by atoms with Crippen molar-refractivity contribution in [2.75, 3.05) is 23.8 Å². The highest BCUT2D eigenvalue weighted by molar-refractivity contribution is 6.39. The van der Waals surface area contributed by atoms with Crippen LogP contribution in [0.5, 0.6) is 0 Å². The highest BCUT2D eigenvalue weighted by Crippen LogP contribution is 2.40. The van der Waals surface area contributed by atoms with E-state index >= 15 is 0 Å². The summed E-state index contributed by atoms with van der Waals surface area (Å²) in [5, 5.41) is 10.2. The summed E-state index contributed by atoms with van der Waals surface area (Å²) < 4.78 is 0. The summed E-state index contributed by atoms with van der Waals surface area (Å²) in [6.07, 6.45) is 4.03. The van der Waals surface area contributed by atoms with E-state index in [2.05, 4.69) is 4.90 Å². The number of aliphatic hydroxyl groups excluding tert-OH is 1. The lowest BCUT2D eigenvalue weighted by Crippen LogP contribution is -2.29. The number of rotatable bonds is 4. The number of hydrogen-bond donors (Lipinski definition) is 2. The largest absolute Gasteiger partial charge is 0.399 e. The number of aliphatic hydroxyl groups is 1. The first-order valence-electron chi connectivity index (χ1n) is 6.25. The van der Waals surface area contributed by atoms with E-state index in [9.17, 15) is 0 Å². The second-order valence-corrected chi connectivity index (χ2v) is 5.50. The van der Waals surface area contributed by atoms with Crippen molar-refractivity contribution in [3.05, 3.63) is 22.2 Å². The maximum atomic E-state index is 8.94. The highest BCUT2D eigenvalue weighted by atomic mass is 35.5. The standard InChI is InChI=1S/C13H18Cl2N2O/c14-11-7-9(16)8-12(15)13(11)17-5-1-3-10(17)4-2-6-18/h7-8,10,18H,1-6,16H2. The van der Waals surface area contributed by atoms with Crippen molar-refractivity contribution in [2.45, 2.75) is 31.7 Å². The summed E-state index contributed by atoms with van der Waals surface area (Å²) in [7, 11) is 0. The molecule has 5 heteroatoms. The Morgan fingerprint density at radius 2 is 2.00 bits per heavy atom. The van der Waals surface area contributed by atoms with Crippen LogP contribution in [-0.4, -0.2) is 24.3 Å². The summed E-state index contributed by atoms with van der Waals surface area (Å²) in [5.41, 5.74) is 7.19. The van der Waals surface area contributed by atoms with Crippen LogP contribution in [0.25, 0.3) is 0 Å². The van der Waals surface area contributed by atoms with Crippen LogP contribution < -0.4 is 10.6 Å². The zero-order chi connectivity index (χ0) is 13.1. The molecule has 1 aliphatic heterocycles. The Balaban J connectivity index is 2.24. The van der Waals surface area contributed by atoms with Gasteiger partial charge in [0.15, 0.2) is 0 Å². The number of benzene rings is 1. The van der Waals surface area contributed by atoms with Crippen molar-refractivity contribution in [1.29, 1.82) is 0 Å². The Morgan fingerprint density at radius 3 is 2.61 bits per heavy atom. The first kappa shape index (κ1) is 13.8. The van der Waals surface area contributed by atoms with Gasteiger partial charge in [0.1, 0.15) is 0 Å². The molecule has 2 rings (SSSR count). The predicted octanol–water partition coefficient (Wildman–Crippen LogP) is 3.32. The van der Waals surface area contributed by atoms with E-state index in [0.29, 0.717) is 21.8 Å². The Kier molecular flexibility index (Phi) is 4.60. The smallest absolute Gasteiger partial charge is 0.0749 e. The molecule has 1 aliphatic rings. The van der Waals surface area contributed by atoms with Crippen molar-refractivity contribution in [3.63, 3.8) is 0 Å². The Hall–Kier alpha value is -0.640. The molecule has 1 aromatic carbocycles. The molecule has 0 radical (unpaired) electrons. The second kappa shape index (κ2) is 6.00. The molecular formula is C13H18Cl2N2O. The maximum Gasteiger partial charge on any atom is 0.0749 e. The SMILES string of the molecule is Nc1cc(Cl)c(N2CCCC2CCCO)c(Cl)c1. The fraction of sp³-hybridized carbons (Fsp3) is 0.538. The van der Waals surface area contributed by atoms with Crippen molar-refractivity contribution in [1.82, 2.24) is 0 Å². The Bertz CT molecular complexity index is 402. The first-order valence-corrected chi connectivity index (χ1v) is 7.01. The zero-order valence-electron chi connectivity index (χ0n) is 10.2. The third-order valence-corrected chi connectivity index (χ3v) is 3.98. The lowest BCUT2D eigenvalue weighted by atomic mass is 10.1. The van der Waals surface area contributed by atoms with Crippen LogP contribution in [0.3, 0.4) is 0 Å². The van der Waals surface area contributed by atoms with E-state index in [4.69, 9.17) is 34.0 Å². The quantitative estimate of drug-likeness (QED) is 0.836. The number of nitrogen functional groups attached to an aromatic ring is 1. The minimum atomic E-state index is 0.230. The van der Waals surface area contributed by atoms with Gasteiger partial charge in [-0.1, -0.05) is 23.2 Å². The van der Waals surface area contributed by atoms with Gasteiger partial charge >= 0.3 is 0 Å². The molecule has 1 atom stereocenters. The maximum absolute atomic E-state index is 8.94. The van der Waals surface area contributed by atoms with E-state index < -0.39 is 0 Å². The van der Waals surface area contributed by atoms with Crippen LogP contribution in [0.1, 0.15) is 25.7 Å². The fourth-order valence-corrected chi connectivity index (χ4v) is 3.34. The number of halogens is 2. The molecule has 1 aromatic rings. The van der Waals surface area contributed by atoms with Gasteiger partial charge in [-0.3, -0.25) is 0 Å². The van der Waals surface area contributed by atoms with E-state index in [1.807, 2.05) is 0 Å². The van der Waals surface area contributed by atoms with Gasteiger partial charge < -0.3 is 15.7 Å². The van der Waals surface area contributed by atoms with Gasteiger partial charge in [-0.15, -0.1) is 0 Å². The third-order valence-electron chi connectivity index (χ3n) is 3.40. The van der Waals surface area contributed by atoms with Crippen molar-refractivity contribution < 1.29 is 5.11 Å². The lowest BCUT2D eigenvalue weighted by Gasteiger charge is -2.28. The zero-order valence-corrected chi connectivity index (χ0v) is 11.7. The van der Waals surface area contributed by atoms with Gasteiger partial charge in [-0.2, -0.15) is 0 Å². The Morgan fingerprint density at radius 1 is 1.33 bits per heavy atom. The molecule has 3 N–H and O–H groups in total. The number of anilines is 2. The minimum Gasteiger partial charge on any atom is -0.399 e. The van der Waals surface area contributed by atoms with E-state index in [1.165, 1.54) is 0 Å². The van der Waals surface area contributed by atoms with Crippen LogP contribution >= 0.6 is 23.2 Å². The minimum absolute atomic E-state index is 0.230. The van der Waals surface area contributed by atoms with Gasteiger partial charge in [0.05, 0.1) is 15.7 Å². The summed E-state index contributed by atoms with van der Waals surface area (Å²) in [6.45, 7) is 1.19. The highest BCUT2D eigenvalue weighted by Gasteiger charge is 2.27. The summed E-state index contributed by atoms with van der Waals surface area (Å²) in [6, 6.07) is 3.89. The van der Waals surface area contributed by atoms with Crippen LogP contribution in [0.15, 0.2) is 12.1 Å². The molecule has 0 aromatic heterocycles. The van der Waals surface area contributed by atoms with Crippen molar-refractivity contribution in [3.8, 4) is 0 Å². The average molecular weight is 289 g/mol. The molecule has 1 saturated heterocycles. The summed E-state index contributed by atoms with van der Waals surface area (Å²) in [5.74, 6) is 0. The van der Waals surface area contributed by atoms with E-state index in [0.717, 1.165) is 37.9 Å². The molecule has 0 spiro atoms. The summed E-state index contributed by atoms with van der Waals surface area (Å²) in [4.78, 5) is 2.25. The number of nitrogens with zero attached hydrogens (tertiary/aromatic N) is 1. The second-order valence-electron chi connectivity index (χ2n) is 4.69. The molecular weight excluding hydrogens is 271 g/mol. The van der Waals surface area contributed by atoms with Crippen LogP contribution in [-0.2, 0) is 0 Å². The molecule has 100 valence electrons. The predicted molar refractivity (Wildman–Crippen MR) is 77.6 cm³/mol. The van der Waals surface area contributed by atoms with Gasteiger partial charge in [0.25, 0.3) is 0 Å². The molecule has 1 fully saturated rings. The van der Waals surface area contributed by atoms with Gasteiger partial charge in [-0.25, -0.2) is 0 Å². The molecule has 0 aliphatic carbocycles. The topological polar surface area (TPSA) is 49.5 Å². The van der Waals surface area contributed by atoms with Gasteiger partial charge in [-0.05, 0) is 37.8 Å². The normalized spacial score (nSPS) is 19.5. The third kappa shape index (κ3) is 2.85. The summed E-state index contributed by atoms with van der Waals surface area (Å²) >= 11 is 12.5. The van der Waals surface area contributed by atoms with Crippen LogP contribution in [0.4, 0.5) is 11.4 Å². The Labute approximate surface area is 117 Å². The molecule has 3 nitrogen and oxygen atoms in total. The number of nitrogens with two attached hydrogens (primary N) is 1. The molecule has 18 heavy (non-hydrogen) atoms. The van der Waals surface area contributed by atoms with Crippen LogP contribution in [0, 0.1) is 0 Å². The van der Waals surface area contributed by atoms with E-state index in [-0.39, 0.29) is 6.61 Å². The molecule has 1 heterocycles. The lowest BCUT2D eigenvalue weighted by molar-refractivity contribution is 0.279. The van der Waals surface area contributed by atoms with Crippen LogP contribution in [0.2, 0.25) is 10.0 Å². The van der Waals surface area contributed by atoms with E-state index in [1.54, 1.807) is 12.1 Å². The molecule has 0 amide bonds. The first-order chi connectivity index (χ1) is 8.63. The average Bonchev–Trinajstić information content (AvgIpc) is 2.73. The van der Waals surface area contributed by atoms with Gasteiger partial charge in [0, 0.05) is 24.9 Å². The van der Waals surface area contributed by atoms with Crippen molar-refractivity contribution in [2.24, 2.45) is 0 Å². The van der Waals surface area contributed by atoms with Crippen molar-refractivity contribution >= 4 is 34.6 Å². The molecule has 0 saturated carbocycles. The fourth-order valence-electron chi connectivity index (χ4n) is 2.62.